The van der Waals surface area contributed by atoms with Crippen LogP contribution in [-0.4, -0.2) is 29.1 Å². The molecule has 0 saturated carbocycles. The van der Waals surface area contributed by atoms with Gasteiger partial charge in [-0.3, -0.25) is 0 Å². The van der Waals surface area contributed by atoms with Crippen molar-refractivity contribution in [2.45, 2.75) is 25.4 Å². The second kappa shape index (κ2) is 7.99. The highest BCUT2D eigenvalue weighted by molar-refractivity contribution is 6.31. The fraction of sp³-hybridized carbons (Fsp3) is 0.353. The van der Waals surface area contributed by atoms with Crippen molar-refractivity contribution in [3.8, 4) is 0 Å². The van der Waals surface area contributed by atoms with Gasteiger partial charge in [-0.1, -0.05) is 11.6 Å². The Morgan fingerprint density at radius 3 is 2.30 bits per heavy atom. The zero-order valence-corrected chi connectivity index (χ0v) is 14.9. The first-order valence-electron chi connectivity index (χ1n) is 8.35. The van der Waals surface area contributed by atoms with Crippen molar-refractivity contribution in [2.24, 2.45) is 0 Å². The number of alkyl halides is 3. The fourth-order valence-corrected chi connectivity index (χ4v) is 2.98. The molecule has 27 heavy (non-hydrogen) atoms. The first-order chi connectivity index (χ1) is 12.8. The number of piperidine rings is 1. The van der Waals surface area contributed by atoms with Crippen LogP contribution in [0, 0.1) is 0 Å². The summed E-state index contributed by atoms with van der Waals surface area (Å²) >= 11 is 5.56. The zero-order valence-electron chi connectivity index (χ0n) is 14.2. The lowest BCUT2D eigenvalue weighted by molar-refractivity contribution is -0.137. The van der Waals surface area contributed by atoms with E-state index in [2.05, 4.69) is 25.5 Å². The maximum Gasteiger partial charge on any atom is 0.417 e. The number of hydrogen-bond donors (Lipinski definition) is 2. The second-order valence-corrected chi connectivity index (χ2v) is 6.50. The van der Waals surface area contributed by atoms with Gasteiger partial charge in [-0.2, -0.15) is 13.2 Å². The summed E-state index contributed by atoms with van der Waals surface area (Å²) in [6, 6.07) is 2.43. The van der Waals surface area contributed by atoms with Gasteiger partial charge in [0.2, 0.25) is 5.95 Å². The largest absolute Gasteiger partial charge is 0.417 e. The average Bonchev–Trinajstić information content (AvgIpc) is 2.64. The van der Waals surface area contributed by atoms with Crippen LogP contribution in [0.4, 0.5) is 35.3 Å². The molecule has 3 rings (SSSR count). The van der Waals surface area contributed by atoms with Gasteiger partial charge in [0, 0.05) is 18.8 Å². The predicted molar refractivity (Wildman–Crippen MR) is 97.2 cm³/mol. The molecule has 0 atom stereocenters. The average molecular weight is 400 g/mol. The summed E-state index contributed by atoms with van der Waals surface area (Å²) in [7, 11) is 0. The van der Waals surface area contributed by atoms with Crippen molar-refractivity contribution >= 4 is 35.0 Å². The first kappa shape index (κ1) is 19.2. The smallest absolute Gasteiger partial charge is 0.341 e. The molecule has 2 aromatic rings. The number of aromatic nitrogens is 2. The summed E-state index contributed by atoms with van der Waals surface area (Å²) in [5.74, 6) is 0.591. The maximum atomic E-state index is 12.9. The predicted octanol–water partition coefficient (Wildman–Crippen LogP) is 4.78. The van der Waals surface area contributed by atoms with Crippen molar-refractivity contribution in [3.05, 3.63) is 41.2 Å². The lowest BCUT2D eigenvalue weighted by Gasteiger charge is -2.26. The molecule has 0 aliphatic carbocycles. The van der Waals surface area contributed by atoms with Crippen molar-refractivity contribution in [2.75, 3.05) is 28.6 Å². The molecule has 0 spiro atoms. The molecule has 1 aromatic heterocycles. The third kappa shape index (κ3) is 5.00. The van der Waals surface area contributed by atoms with E-state index in [4.69, 9.17) is 11.6 Å². The molecular formula is C17H17ClF3N5O. The number of benzene rings is 1. The van der Waals surface area contributed by atoms with Crippen molar-refractivity contribution in [1.29, 1.82) is 0 Å². The van der Waals surface area contributed by atoms with Crippen LogP contribution in [0.5, 0.6) is 0 Å². The van der Waals surface area contributed by atoms with Gasteiger partial charge in [-0.05, 0) is 37.5 Å². The van der Waals surface area contributed by atoms with Crippen LogP contribution in [-0.2, 0) is 6.18 Å². The molecule has 1 saturated heterocycles. The van der Waals surface area contributed by atoms with E-state index in [1.165, 1.54) is 24.9 Å². The molecule has 2 N–H and O–H groups in total. The number of anilines is 3. The van der Waals surface area contributed by atoms with Gasteiger partial charge in [0.05, 0.1) is 28.7 Å². The van der Waals surface area contributed by atoms with Crippen molar-refractivity contribution in [3.63, 3.8) is 0 Å². The SMILES string of the molecule is O=C(Nc1cnc(N2CCCCC2)nc1)Nc1ccc(Cl)c(C(F)(F)F)c1. The Balaban J connectivity index is 1.62. The van der Waals surface area contributed by atoms with Crippen molar-refractivity contribution < 1.29 is 18.0 Å². The molecule has 2 heterocycles. The molecule has 6 nitrogen and oxygen atoms in total. The number of nitrogens with one attached hydrogen (secondary N) is 2. The van der Waals surface area contributed by atoms with Gasteiger partial charge < -0.3 is 15.5 Å². The van der Waals surface area contributed by atoms with Crippen LogP contribution in [0.15, 0.2) is 30.6 Å². The number of urea groups is 1. The molecule has 1 fully saturated rings. The molecule has 144 valence electrons. The minimum Gasteiger partial charge on any atom is -0.341 e. The van der Waals surface area contributed by atoms with Crippen LogP contribution in [0.1, 0.15) is 24.8 Å². The summed E-state index contributed by atoms with van der Waals surface area (Å²) < 4.78 is 38.6. The molecule has 0 radical (unpaired) electrons. The van der Waals surface area contributed by atoms with Crippen LogP contribution in [0.25, 0.3) is 0 Å². The minimum atomic E-state index is -4.61. The number of nitrogens with zero attached hydrogens (tertiary/aromatic N) is 3. The number of rotatable bonds is 3. The summed E-state index contributed by atoms with van der Waals surface area (Å²) in [5, 5.41) is 4.38. The van der Waals surface area contributed by atoms with Crippen molar-refractivity contribution in [1.82, 2.24) is 9.97 Å². The zero-order chi connectivity index (χ0) is 19.4. The number of hydrogen-bond acceptors (Lipinski definition) is 4. The monoisotopic (exact) mass is 399 g/mol. The fourth-order valence-electron chi connectivity index (χ4n) is 2.76. The van der Waals surface area contributed by atoms with E-state index in [1.807, 2.05) is 0 Å². The third-order valence-corrected chi connectivity index (χ3v) is 4.39. The standard InChI is InChI=1S/C17H17ClF3N5O/c18-14-5-4-11(8-13(14)17(19,20)21)24-16(27)25-12-9-22-15(23-10-12)26-6-2-1-3-7-26/h4-5,8-10H,1-3,6-7H2,(H2,24,25,27). The minimum absolute atomic E-state index is 0.0323. The van der Waals surface area contributed by atoms with Gasteiger partial charge in [-0.15, -0.1) is 0 Å². The molecule has 0 bridgehead atoms. The van der Waals surface area contributed by atoms with Crippen LogP contribution < -0.4 is 15.5 Å². The number of halogens is 4. The molecule has 2 amide bonds. The summed E-state index contributed by atoms with van der Waals surface area (Å²) in [4.78, 5) is 22.5. The first-order valence-corrected chi connectivity index (χ1v) is 8.72. The second-order valence-electron chi connectivity index (χ2n) is 6.09. The Hall–Kier alpha value is -2.55. The number of carbonyl (C=O) groups is 1. The van der Waals surface area contributed by atoms with E-state index in [9.17, 15) is 18.0 Å². The summed E-state index contributed by atoms with van der Waals surface area (Å²) in [6.45, 7) is 1.79. The summed E-state index contributed by atoms with van der Waals surface area (Å²) in [6.07, 6.45) is 1.68. The van der Waals surface area contributed by atoms with E-state index in [0.717, 1.165) is 38.1 Å². The quantitative estimate of drug-likeness (QED) is 0.779. The Labute approximate surface area is 158 Å². The molecule has 1 aromatic carbocycles. The normalized spacial score (nSPS) is 14.7. The van der Waals surface area contributed by atoms with Gasteiger partial charge in [0.1, 0.15) is 0 Å². The highest BCUT2D eigenvalue weighted by atomic mass is 35.5. The Bertz CT molecular complexity index is 807. The van der Waals surface area contributed by atoms with E-state index >= 15 is 0 Å². The lowest BCUT2D eigenvalue weighted by atomic mass is 10.1. The van der Waals surface area contributed by atoms with Gasteiger partial charge >= 0.3 is 12.2 Å². The van der Waals surface area contributed by atoms with Crippen LogP contribution in [0.3, 0.4) is 0 Å². The van der Waals surface area contributed by atoms with E-state index in [1.54, 1.807) is 0 Å². The van der Waals surface area contributed by atoms with Crippen LogP contribution in [0.2, 0.25) is 5.02 Å². The molecule has 10 heteroatoms. The molecule has 1 aliphatic heterocycles. The number of carbonyl (C=O) groups excluding carboxylic acids is 1. The Morgan fingerprint density at radius 1 is 1.04 bits per heavy atom. The van der Waals surface area contributed by atoms with Gasteiger partial charge in [-0.25, -0.2) is 14.8 Å². The Kier molecular flexibility index (Phi) is 5.69. The molecule has 0 unspecified atom stereocenters. The van der Waals surface area contributed by atoms with E-state index in [-0.39, 0.29) is 5.69 Å². The maximum absolute atomic E-state index is 12.9. The Morgan fingerprint density at radius 2 is 1.67 bits per heavy atom. The topological polar surface area (TPSA) is 70.2 Å². The molecule has 1 aliphatic rings. The highest BCUT2D eigenvalue weighted by Gasteiger charge is 2.33. The van der Waals surface area contributed by atoms with E-state index in [0.29, 0.717) is 11.6 Å². The lowest BCUT2D eigenvalue weighted by Crippen LogP contribution is -2.31. The molecular weight excluding hydrogens is 383 g/mol. The van der Waals surface area contributed by atoms with Crippen LogP contribution >= 0.6 is 11.6 Å². The van der Waals surface area contributed by atoms with Gasteiger partial charge in [0.15, 0.2) is 0 Å². The summed E-state index contributed by atoms with van der Waals surface area (Å²) in [5.41, 5.74) is -0.718. The highest BCUT2D eigenvalue weighted by Crippen LogP contribution is 2.36. The number of amides is 2. The van der Waals surface area contributed by atoms with Gasteiger partial charge in [0.25, 0.3) is 0 Å². The third-order valence-electron chi connectivity index (χ3n) is 4.06. The van der Waals surface area contributed by atoms with E-state index < -0.39 is 22.8 Å².